The maximum Gasteiger partial charge on any atom is 0.338 e. The largest absolute Gasteiger partial charge is 0.455 e. The third-order valence-electron chi connectivity index (χ3n) is 4.73. The third-order valence-corrected chi connectivity index (χ3v) is 5.76. The predicted octanol–water partition coefficient (Wildman–Crippen LogP) is 0.360. The fraction of sp³-hybridized carbons (Fsp3) is 0.773. The van der Waals surface area contributed by atoms with E-state index >= 15 is 0 Å². The van der Waals surface area contributed by atoms with Crippen molar-refractivity contribution in [2.45, 2.75) is 77.3 Å². The number of hydrogen-bond donors (Lipinski definition) is 4. The lowest BCUT2D eigenvalue weighted by Gasteiger charge is -2.42. The molecule has 0 saturated carbocycles. The van der Waals surface area contributed by atoms with Crippen LogP contribution in [0.25, 0.3) is 0 Å². The van der Waals surface area contributed by atoms with Gasteiger partial charge in [0.15, 0.2) is 18.5 Å². The van der Waals surface area contributed by atoms with Gasteiger partial charge in [-0.15, -0.1) is 0 Å². The summed E-state index contributed by atoms with van der Waals surface area (Å²) in [5, 5.41) is 0. The molecule has 230 valence electrons. The number of hydrogen-bond acceptors (Lipinski definition) is 18. The zero-order valence-corrected chi connectivity index (χ0v) is 25.7. The average Bonchev–Trinajstić information content (AvgIpc) is 2.90. The topological polar surface area (TPSA) is 168 Å². The molecule has 8 unspecified atom stereocenters. The first-order valence-electron chi connectivity index (χ1n) is 11.8. The number of thiol groups is 4. The van der Waals surface area contributed by atoms with Crippen LogP contribution in [-0.4, -0.2) is 109 Å². The Morgan fingerprint density at radius 2 is 1.02 bits per heavy atom. The van der Waals surface area contributed by atoms with Crippen LogP contribution in [0.2, 0.25) is 0 Å². The molecule has 0 bridgehead atoms. The van der Waals surface area contributed by atoms with Crippen molar-refractivity contribution in [2.75, 3.05) is 29.6 Å². The Labute approximate surface area is 253 Å². The van der Waals surface area contributed by atoms with Gasteiger partial charge >= 0.3 is 29.8 Å². The van der Waals surface area contributed by atoms with Gasteiger partial charge < -0.3 is 42.6 Å². The van der Waals surface area contributed by atoms with Gasteiger partial charge in [0.1, 0.15) is 12.2 Å². The second-order valence-electron chi connectivity index (χ2n) is 7.93. The van der Waals surface area contributed by atoms with Crippen molar-refractivity contribution in [3.63, 3.8) is 0 Å². The fourth-order valence-corrected chi connectivity index (χ4v) is 3.56. The SMILES string of the molecule is CC(OCC1OC(=O)C(OC(C)OC(=O)CS)C(OC(C)OC(=O)CS)C1OC(C)OC(=O)CS)OC(=O)CS. The molecule has 8 atom stereocenters. The van der Waals surface area contributed by atoms with E-state index < -0.39 is 79.4 Å². The second-order valence-corrected chi connectivity index (χ2v) is 9.19. The van der Waals surface area contributed by atoms with E-state index in [0.29, 0.717) is 0 Å². The lowest BCUT2D eigenvalue weighted by molar-refractivity contribution is -0.297. The predicted molar refractivity (Wildman–Crippen MR) is 148 cm³/mol. The minimum atomic E-state index is -1.59. The Bertz CT molecular complexity index is 861. The molecule has 1 rings (SSSR count). The Balaban J connectivity index is 3.33. The summed E-state index contributed by atoms with van der Waals surface area (Å²) in [5.41, 5.74) is 0. The van der Waals surface area contributed by atoms with Crippen molar-refractivity contribution in [1.82, 2.24) is 0 Å². The van der Waals surface area contributed by atoms with Crippen molar-refractivity contribution < 1.29 is 66.6 Å². The lowest BCUT2D eigenvalue weighted by Crippen LogP contribution is -2.62. The zero-order chi connectivity index (χ0) is 30.4. The van der Waals surface area contributed by atoms with Crippen LogP contribution in [0.15, 0.2) is 0 Å². The summed E-state index contributed by atoms with van der Waals surface area (Å²) in [6.07, 6.45) is -10.3. The van der Waals surface area contributed by atoms with Crippen LogP contribution in [0.3, 0.4) is 0 Å². The van der Waals surface area contributed by atoms with Crippen LogP contribution in [0.1, 0.15) is 27.7 Å². The van der Waals surface area contributed by atoms with Crippen LogP contribution in [0.4, 0.5) is 0 Å². The molecular weight excluding hydrogens is 616 g/mol. The van der Waals surface area contributed by atoms with Crippen LogP contribution >= 0.6 is 50.5 Å². The van der Waals surface area contributed by atoms with Gasteiger partial charge in [0.25, 0.3) is 0 Å². The first-order chi connectivity index (χ1) is 18.8. The third kappa shape index (κ3) is 13.1. The van der Waals surface area contributed by atoms with Gasteiger partial charge in [0.2, 0.25) is 18.9 Å². The van der Waals surface area contributed by atoms with E-state index in [9.17, 15) is 24.0 Å². The van der Waals surface area contributed by atoms with E-state index in [-0.39, 0.29) is 29.6 Å². The summed E-state index contributed by atoms with van der Waals surface area (Å²) < 4.78 is 48.6. The molecule has 0 aromatic carbocycles. The van der Waals surface area contributed by atoms with E-state index in [1.807, 2.05) is 0 Å². The first kappa shape index (κ1) is 36.6. The van der Waals surface area contributed by atoms with Crippen molar-refractivity contribution >= 4 is 80.4 Å². The minimum Gasteiger partial charge on any atom is -0.455 e. The summed E-state index contributed by atoms with van der Waals surface area (Å²) >= 11 is 15.4. The van der Waals surface area contributed by atoms with Gasteiger partial charge in [-0.2, -0.15) is 50.5 Å². The number of cyclic esters (lactones) is 1. The molecule has 0 spiro atoms. The number of carbonyl (C=O) groups excluding carboxylic acids is 5. The van der Waals surface area contributed by atoms with E-state index in [2.05, 4.69) is 50.5 Å². The van der Waals surface area contributed by atoms with Gasteiger partial charge in [0, 0.05) is 0 Å². The summed E-state index contributed by atoms with van der Waals surface area (Å²) in [4.78, 5) is 59.8. The number of carbonyl (C=O) groups is 5. The average molecular weight is 651 g/mol. The van der Waals surface area contributed by atoms with Crippen molar-refractivity contribution in [2.24, 2.45) is 0 Å². The Morgan fingerprint density at radius 1 is 0.650 bits per heavy atom. The molecule has 1 saturated heterocycles. The number of rotatable bonds is 17. The highest BCUT2D eigenvalue weighted by Gasteiger charge is 2.51. The summed E-state index contributed by atoms with van der Waals surface area (Å²) in [5.74, 6) is -4.75. The number of ether oxygens (including phenoxy) is 9. The van der Waals surface area contributed by atoms with E-state index in [1.165, 1.54) is 27.7 Å². The van der Waals surface area contributed by atoms with Gasteiger partial charge in [-0.3, -0.25) is 19.2 Å². The molecular formula is C22H34O14S4. The van der Waals surface area contributed by atoms with Gasteiger partial charge in [0.05, 0.1) is 29.6 Å². The highest BCUT2D eigenvalue weighted by atomic mass is 32.1. The molecule has 1 aliphatic heterocycles. The molecule has 40 heavy (non-hydrogen) atoms. The highest BCUT2D eigenvalue weighted by Crippen LogP contribution is 2.29. The van der Waals surface area contributed by atoms with Crippen molar-refractivity contribution in [3.05, 3.63) is 0 Å². The highest BCUT2D eigenvalue weighted by molar-refractivity contribution is 7.81. The molecule has 18 heteroatoms. The summed E-state index contributed by atoms with van der Waals surface area (Å²) in [7, 11) is 0. The molecule has 14 nitrogen and oxygen atoms in total. The zero-order valence-electron chi connectivity index (χ0n) is 22.2. The van der Waals surface area contributed by atoms with E-state index in [0.717, 1.165) is 0 Å². The lowest BCUT2D eigenvalue weighted by atomic mass is 9.99. The quantitative estimate of drug-likeness (QED) is 0.0737. The van der Waals surface area contributed by atoms with Gasteiger partial charge in [-0.1, -0.05) is 0 Å². The van der Waals surface area contributed by atoms with Crippen molar-refractivity contribution in [1.29, 1.82) is 0 Å². The van der Waals surface area contributed by atoms with Crippen LogP contribution < -0.4 is 0 Å². The Hall–Kier alpha value is -1.41. The maximum absolute atomic E-state index is 13.1. The molecule has 1 fully saturated rings. The van der Waals surface area contributed by atoms with E-state index in [4.69, 9.17) is 42.6 Å². The summed E-state index contributed by atoms with van der Waals surface area (Å²) in [6.45, 7) is 5.15. The molecule has 0 N–H and O–H groups in total. The first-order valence-corrected chi connectivity index (χ1v) is 14.4. The molecule has 0 amide bonds. The van der Waals surface area contributed by atoms with Crippen molar-refractivity contribution in [3.8, 4) is 0 Å². The van der Waals surface area contributed by atoms with Crippen LogP contribution in [-0.2, 0) is 66.6 Å². The van der Waals surface area contributed by atoms with E-state index in [1.54, 1.807) is 0 Å². The molecule has 0 aromatic heterocycles. The standard InChI is InChI=1S/C22H34O14S4/c1-10(29-15(23)6-37)28-5-14-19(33-11(2)30-16(24)7-38)20(34-12(3)31-17(25)8-39)21(22(27)36-14)35-13(4)32-18(26)9-40/h10-14,19-21,37-40H,5-9H2,1-4H3. The molecule has 1 aliphatic rings. The normalized spacial score (nSPS) is 23.6. The van der Waals surface area contributed by atoms with Crippen LogP contribution in [0, 0.1) is 0 Å². The summed E-state index contributed by atoms with van der Waals surface area (Å²) in [6, 6.07) is 0. The smallest absolute Gasteiger partial charge is 0.338 e. The van der Waals surface area contributed by atoms with Gasteiger partial charge in [-0.25, -0.2) is 4.79 Å². The molecule has 1 heterocycles. The molecule has 0 radical (unpaired) electrons. The molecule has 0 aromatic rings. The monoisotopic (exact) mass is 650 g/mol. The second kappa shape index (κ2) is 18.9. The Morgan fingerprint density at radius 3 is 1.45 bits per heavy atom. The maximum atomic E-state index is 13.1. The Kier molecular flexibility index (Phi) is 17.3. The van der Waals surface area contributed by atoms with Crippen LogP contribution in [0.5, 0.6) is 0 Å². The fourth-order valence-electron chi connectivity index (χ4n) is 3.26. The van der Waals surface area contributed by atoms with Gasteiger partial charge in [-0.05, 0) is 27.7 Å². The number of esters is 5. The molecule has 0 aliphatic carbocycles. The minimum absolute atomic E-state index is 0.195.